The molecule has 0 N–H and O–H groups in total. The van der Waals surface area contributed by atoms with Crippen LogP contribution in [0.2, 0.25) is 0 Å². The van der Waals surface area contributed by atoms with Crippen molar-refractivity contribution < 1.29 is 18.0 Å². The second kappa shape index (κ2) is 5.23. The largest absolute Gasteiger partial charge is 0.291 e. The van der Waals surface area contributed by atoms with Gasteiger partial charge in [-0.1, -0.05) is 24.6 Å². The second-order valence-electron chi connectivity index (χ2n) is 3.77. The molecule has 0 aliphatic heterocycles. The van der Waals surface area contributed by atoms with Gasteiger partial charge >= 0.3 is 0 Å². The Labute approximate surface area is 101 Å². The van der Waals surface area contributed by atoms with Crippen LogP contribution in [0.5, 0.6) is 0 Å². The van der Waals surface area contributed by atoms with Crippen molar-refractivity contribution in [2.75, 3.05) is 5.75 Å². The van der Waals surface area contributed by atoms with Crippen LogP contribution >= 0.6 is 0 Å². The minimum Gasteiger partial charge on any atom is -0.291 e. The molecule has 0 aliphatic rings. The lowest BCUT2D eigenvalue weighted by Gasteiger charge is -2.03. The van der Waals surface area contributed by atoms with Crippen LogP contribution in [0.15, 0.2) is 29.2 Å². The summed E-state index contributed by atoms with van der Waals surface area (Å²) in [4.78, 5) is 22.4. The normalized spacial score (nSPS) is 11.2. The van der Waals surface area contributed by atoms with E-state index in [0.717, 1.165) is 5.56 Å². The Balaban J connectivity index is 2.93. The first-order valence-electron chi connectivity index (χ1n) is 5.22. The average molecular weight is 254 g/mol. The van der Waals surface area contributed by atoms with Crippen molar-refractivity contribution in [1.29, 1.82) is 0 Å². The van der Waals surface area contributed by atoms with Crippen molar-refractivity contribution in [1.82, 2.24) is 0 Å². The average Bonchev–Trinajstić information content (AvgIpc) is 2.27. The number of carbonyl (C=O) groups is 2. The summed E-state index contributed by atoms with van der Waals surface area (Å²) >= 11 is 0. The molecule has 92 valence electrons. The van der Waals surface area contributed by atoms with E-state index in [2.05, 4.69) is 0 Å². The van der Waals surface area contributed by atoms with Crippen LogP contribution in [0.1, 0.15) is 18.9 Å². The molecule has 1 aromatic rings. The lowest BCUT2D eigenvalue weighted by Crippen LogP contribution is -2.23. The topological polar surface area (TPSA) is 68.3 Å². The number of hydrogen-bond acceptors (Lipinski definition) is 4. The summed E-state index contributed by atoms with van der Waals surface area (Å²) in [7, 11) is -3.70. The Hall–Kier alpha value is -1.49. The molecule has 1 aromatic carbocycles. The van der Waals surface area contributed by atoms with E-state index in [-0.39, 0.29) is 11.3 Å². The molecule has 0 saturated heterocycles. The van der Waals surface area contributed by atoms with Gasteiger partial charge in [-0.3, -0.25) is 9.59 Å². The molecule has 1 rings (SSSR count). The minimum absolute atomic E-state index is 0.0300. The van der Waals surface area contributed by atoms with Crippen molar-refractivity contribution in [3.8, 4) is 0 Å². The molecule has 5 heteroatoms. The zero-order valence-corrected chi connectivity index (χ0v) is 10.6. The molecular weight excluding hydrogens is 240 g/mol. The van der Waals surface area contributed by atoms with Gasteiger partial charge in [0.1, 0.15) is 5.75 Å². The Morgan fingerprint density at radius 1 is 1.06 bits per heavy atom. The first-order valence-corrected chi connectivity index (χ1v) is 6.87. The van der Waals surface area contributed by atoms with E-state index >= 15 is 0 Å². The number of sulfone groups is 1. The maximum Gasteiger partial charge on any atom is 0.213 e. The van der Waals surface area contributed by atoms with Crippen molar-refractivity contribution in [3.05, 3.63) is 29.8 Å². The van der Waals surface area contributed by atoms with Crippen molar-refractivity contribution in [2.24, 2.45) is 0 Å². The first-order chi connectivity index (χ1) is 7.86. The van der Waals surface area contributed by atoms with E-state index in [1.54, 1.807) is 12.1 Å². The fraction of sp³-hybridized carbons (Fsp3) is 0.333. The first kappa shape index (κ1) is 13.6. The van der Waals surface area contributed by atoms with Crippen LogP contribution in [0.4, 0.5) is 0 Å². The summed E-state index contributed by atoms with van der Waals surface area (Å²) in [5.74, 6) is -2.25. The van der Waals surface area contributed by atoms with Gasteiger partial charge in [0, 0.05) is 6.42 Å². The van der Waals surface area contributed by atoms with Crippen LogP contribution in [0, 0.1) is 6.92 Å². The van der Waals surface area contributed by atoms with Gasteiger partial charge in [0.05, 0.1) is 4.90 Å². The van der Waals surface area contributed by atoms with Gasteiger partial charge in [0.25, 0.3) is 0 Å². The lowest BCUT2D eigenvalue weighted by atomic mass is 10.2. The SMILES string of the molecule is CCC(=O)C(=O)CS(=O)(=O)c1ccc(C)cc1. The summed E-state index contributed by atoms with van der Waals surface area (Å²) in [5, 5.41) is 0. The van der Waals surface area contributed by atoms with E-state index < -0.39 is 27.2 Å². The van der Waals surface area contributed by atoms with Gasteiger partial charge in [-0.15, -0.1) is 0 Å². The monoisotopic (exact) mass is 254 g/mol. The number of Topliss-reactive ketones (excluding diaryl/α,β-unsaturated/α-hetero) is 2. The number of benzene rings is 1. The van der Waals surface area contributed by atoms with Crippen molar-refractivity contribution in [3.63, 3.8) is 0 Å². The molecule has 0 unspecified atom stereocenters. The van der Waals surface area contributed by atoms with E-state index in [4.69, 9.17) is 0 Å². The van der Waals surface area contributed by atoms with Crippen molar-refractivity contribution in [2.45, 2.75) is 25.2 Å². The van der Waals surface area contributed by atoms with Gasteiger partial charge < -0.3 is 0 Å². The fourth-order valence-electron chi connectivity index (χ4n) is 1.28. The van der Waals surface area contributed by atoms with Gasteiger partial charge in [-0.25, -0.2) is 8.42 Å². The highest BCUT2D eigenvalue weighted by Crippen LogP contribution is 2.12. The van der Waals surface area contributed by atoms with Gasteiger partial charge in [0.15, 0.2) is 15.6 Å². The van der Waals surface area contributed by atoms with Crippen LogP contribution in [-0.4, -0.2) is 25.7 Å². The van der Waals surface area contributed by atoms with Gasteiger partial charge in [0.2, 0.25) is 5.78 Å². The van der Waals surface area contributed by atoms with E-state index in [1.807, 2.05) is 6.92 Å². The van der Waals surface area contributed by atoms with E-state index in [0.29, 0.717) is 0 Å². The maximum atomic E-state index is 11.8. The molecule has 0 radical (unpaired) electrons. The predicted molar refractivity (Wildman–Crippen MR) is 63.5 cm³/mol. The highest BCUT2D eigenvalue weighted by molar-refractivity contribution is 7.92. The highest BCUT2D eigenvalue weighted by Gasteiger charge is 2.22. The molecule has 0 amide bonds. The van der Waals surface area contributed by atoms with Crippen molar-refractivity contribution >= 4 is 21.4 Å². The summed E-state index contributed by atoms with van der Waals surface area (Å²) in [6, 6.07) is 6.18. The number of carbonyl (C=O) groups excluding carboxylic acids is 2. The summed E-state index contributed by atoms with van der Waals surface area (Å²) in [6.45, 7) is 3.36. The van der Waals surface area contributed by atoms with Crippen LogP contribution in [0.25, 0.3) is 0 Å². The molecule has 0 atom stereocenters. The number of ketones is 2. The zero-order chi connectivity index (χ0) is 13.1. The molecular formula is C12H14O4S. The predicted octanol–water partition coefficient (Wildman–Crippen LogP) is 1.32. The number of aryl methyl sites for hydroxylation is 1. The Morgan fingerprint density at radius 3 is 2.06 bits per heavy atom. The smallest absolute Gasteiger partial charge is 0.213 e. The highest BCUT2D eigenvalue weighted by atomic mass is 32.2. The third kappa shape index (κ3) is 3.49. The van der Waals surface area contributed by atoms with Crippen LogP contribution in [0.3, 0.4) is 0 Å². The number of rotatable bonds is 5. The van der Waals surface area contributed by atoms with E-state index in [1.165, 1.54) is 19.1 Å². The Kier molecular flexibility index (Phi) is 4.17. The quantitative estimate of drug-likeness (QED) is 0.743. The molecule has 0 heterocycles. The third-order valence-electron chi connectivity index (χ3n) is 2.33. The van der Waals surface area contributed by atoms with Gasteiger partial charge in [-0.2, -0.15) is 0 Å². The molecule has 0 aliphatic carbocycles. The Morgan fingerprint density at radius 2 is 1.59 bits per heavy atom. The standard InChI is InChI=1S/C12H14O4S/c1-3-11(13)12(14)8-17(15,16)10-6-4-9(2)5-7-10/h4-7H,3,8H2,1-2H3. The van der Waals surface area contributed by atoms with Crippen LogP contribution < -0.4 is 0 Å². The summed E-state index contributed by atoms with van der Waals surface area (Å²) in [6.07, 6.45) is 0.0300. The molecule has 0 aromatic heterocycles. The lowest BCUT2D eigenvalue weighted by molar-refractivity contribution is -0.134. The number of hydrogen-bond donors (Lipinski definition) is 0. The second-order valence-corrected chi connectivity index (χ2v) is 5.76. The van der Waals surface area contributed by atoms with E-state index in [9.17, 15) is 18.0 Å². The molecule has 17 heavy (non-hydrogen) atoms. The zero-order valence-electron chi connectivity index (χ0n) is 9.76. The minimum atomic E-state index is -3.70. The molecule has 4 nitrogen and oxygen atoms in total. The fourth-order valence-corrected chi connectivity index (χ4v) is 2.50. The molecule has 0 bridgehead atoms. The molecule has 0 spiro atoms. The summed E-state index contributed by atoms with van der Waals surface area (Å²) < 4.78 is 23.6. The Bertz CT molecular complexity index is 526. The van der Waals surface area contributed by atoms with Crippen LogP contribution in [-0.2, 0) is 19.4 Å². The summed E-state index contributed by atoms with van der Waals surface area (Å²) in [5.41, 5.74) is 0.930. The maximum absolute atomic E-state index is 11.8. The molecule has 0 fully saturated rings. The van der Waals surface area contributed by atoms with Gasteiger partial charge in [-0.05, 0) is 19.1 Å². The molecule has 0 saturated carbocycles. The third-order valence-corrected chi connectivity index (χ3v) is 3.97.